The van der Waals surface area contributed by atoms with E-state index in [2.05, 4.69) is 16.3 Å². The predicted octanol–water partition coefficient (Wildman–Crippen LogP) is 1.92. The SMILES string of the molecule is Cc1cc(C)cc(C(=O)N(CCCN2CCOCC2)CCC(=O)N2CCNCC2)c1.O=C(O)C(F)(F)F. The lowest BCUT2D eigenvalue weighted by molar-refractivity contribution is -0.192. The number of aryl methyl sites for hydroxylation is 2. The molecule has 0 unspecified atom stereocenters. The third kappa shape index (κ3) is 11.1. The predicted molar refractivity (Wildman–Crippen MR) is 131 cm³/mol. The van der Waals surface area contributed by atoms with E-state index in [-0.39, 0.29) is 11.8 Å². The summed E-state index contributed by atoms with van der Waals surface area (Å²) < 4.78 is 37.2. The number of morpholine rings is 1. The fraction of sp³-hybridized carbons (Fsp3) is 0.640. The van der Waals surface area contributed by atoms with Crippen LogP contribution in [0.25, 0.3) is 0 Å². The van der Waals surface area contributed by atoms with Crippen LogP contribution in [-0.2, 0) is 14.3 Å². The smallest absolute Gasteiger partial charge is 0.475 e. The maximum Gasteiger partial charge on any atom is 0.490 e. The molecule has 0 atom stereocenters. The number of carbonyl (C=O) groups is 3. The molecule has 9 nitrogen and oxygen atoms in total. The number of alkyl halides is 3. The summed E-state index contributed by atoms with van der Waals surface area (Å²) in [5, 5.41) is 10.4. The van der Waals surface area contributed by atoms with Gasteiger partial charge in [0.2, 0.25) is 5.91 Å². The fourth-order valence-corrected chi connectivity index (χ4v) is 4.21. The Hall–Kier alpha value is -2.70. The van der Waals surface area contributed by atoms with Crippen LogP contribution in [0.1, 0.15) is 34.3 Å². The first-order valence-corrected chi connectivity index (χ1v) is 12.4. The number of nitrogens with one attached hydrogen (secondary N) is 1. The molecule has 0 radical (unpaired) electrons. The van der Waals surface area contributed by atoms with Crippen molar-refractivity contribution in [3.8, 4) is 0 Å². The van der Waals surface area contributed by atoms with E-state index in [0.717, 1.165) is 76.6 Å². The summed E-state index contributed by atoms with van der Waals surface area (Å²) >= 11 is 0. The van der Waals surface area contributed by atoms with E-state index in [1.54, 1.807) is 0 Å². The van der Waals surface area contributed by atoms with Gasteiger partial charge in [0.1, 0.15) is 0 Å². The number of ether oxygens (including phenoxy) is 1. The average molecular weight is 531 g/mol. The van der Waals surface area contributed by atoms with E-state index >= 15 is 0 Å². The first-order chi connectivity index (χ1) is 17.5. The van der Waals surface area contributed by atoms with Crippen molar-refractivity contribution in [3.63, 3.8) is 0 Å². The molecule has 2 N–H and O–H groups in total. The number of carboxylic acid groups (broad SMARTS) is 1. The summed E-state index contributed by atoms with van der Waals surface area (Å²) in [6.45, 7) is 12.8. The molecule has 37 heavy (non-hydrogen) atoms. The van der Waals surface area contributed by atoms with Gasteiger partial charge in [-0.3, -0.25) is 14.5 Å². The highest BCUT2D eigenvalue weighted by Gasteiger charge is 2.38. The van der Waals surface area contributed by atoms with Crippen LogP contribution in [-0.4, -0.2) is 116 Å². The van der Waals surface area contributed by atoms with E-state index in [9.17, 15) is 22.8 Å². The summed E-state index contributed by atoms with van der Waals surface area (Å²) in [6.07, 6.45) is -3.80. The molecule has 0 saturated carbocycles. The third-order valence-electron chi connectivity index (χ3n) is 6.07. The monoisotopic (exact) mass is 530 g/mol. The number of aliphatic carboxylic acids is 1. The molecule has 12 heteroatoms. The zero-order valence-electron chi connectivity index (χ0n) is 21.5. The Bertz CT molecular complexity index is 881. The van der Waals surface area contributed by atoms with Gasteiger partial charge in [-0.25, -0.2) is 4.79 Å². The Labute approximate surface area is 215 Å². The molecule has 0 spiro atoms. The highest BCUT2D eigenvalue weighted by Crippen LogP contribution is 2.14. The molecule has 2 amide bonds. The quantitative estimate of drug-likeness (QED) is 0.530. The van der Waals surface area contributed by atoms with Crippen molar-refractivity contribution in [2.24, 2.45) is 0 Å². The minimum atomic E-state index is -5.08. The Morgan fingerprint density at radius 1 is 1.00 bits per heavy atom. The van der Waals surface area contributed by atoms with Gasteiger partial charge < -0.3 is 25.0 Å². The summed E-state index contributed by atoms with van der Waals surface area (Å²) in [5.41, 5.74) is 2.89. The topological polar surface area (TPSA) is 102 Å². The molecule has 2 aliphatic rings. The summed E-state index contributed by atoms with van der Waals surface area (Å²) in [6, 6.07) is 5.97. The first-order valence-electron chi connectivity index (χ1n) is 12.4. The second-order valence-electron chi connectivity index (χ2n) is 9.16. The van der Waals surface area contributed by atoms with Crippen LogP contribution < -0.4 is 5.32 Å². The number of hydrogen-bond donors (Lipinski definition) is 2. The van der Waals surface area contributed by atoms with Crippen molar-refractivity contribution in [1.82, 2.24) is 20.0 Å². The number of benzene rings is 1. The summed E-state index contributed by atoms with van der Waals surface area (Å²) in [7, 11) is 0. The van der Waals surface area contributed by atoms with Crippen LogP contribution in [0.15, 0.2) is 18.2 Å². The van der Waals surface area contributed by atoms with E-state index in [0.29, 0.717) is 25.1 Å². The van der Waals surface area contributed by atoms with Gasteiger partial charge in [0, 0.05) is 70.9 Å². The number of carbonyl (C=O) groups excluding carboxylic acids is 2. The van der Waals surface area contributed by atoms with Crippen molar-refractivity contribution < 1.29 is 37.4 Å². The molecule has 2 aliphatic heterocycles. The molecule has 1 aromatic rings. The van der Waals surface area contributed by atoms with Gasteiger partial charge in [-0.15, -0.1) is 0 Å². The minimum absolute atomic E-state index is 0.0249. The fourth-order valence-electron chi connectivity index (χ4n) is 4.21. The average Bonchev–Trinajstić information content (AvgIpc) is 2.86. The number of halogens is 3. The highest BCUT2D eigenvalue weighted by molar-refractivity contribution is 5.95. The number of piperazine rings is 1. The largest absolute Gasteiger partial charge is 0.490 e. The van der Waals surface area contributed by atoms with Crippen LogP contribution in [0.4, 0.5) is 13.2 Å². The maximum absolute atomic E-state index is 13.3. The zero-order valence-corrected chi connectivity index (χ0v) is 21.5. The third-order valence-corrected chi connectivity index (χ3v) is 6.07. The Morgan fingerprint density at radius 2 is 1.57 bits per heavy atom. The van der Waals surface area contributed by atoms with Gasteiger partial charge >= 0.3 is 12.1 Å². The number of nitrogens with zero attached hydrogens (tertiary/aromatic N) is 3. The van der Waals surface area contributed by atoms with Crippen molar-refractivity contribution in [1.29, 1.82) is 0 Å². The zero-order chi connectivity index (χ0) is 27.4. The van der Waals surface area contributed by atoms with E-state index in [1.165, 1.54) is 0 Å². The van der Waals surface area contributed by atoms with Crippen LogP contribution in [0.2, 0.25) is 0 Å². The van der Waals surface area contributed by atoms with E-state index in [4.69, 9.17) is 14.6 Å². The molecule has 2 fully saturated rings. The van der Waals surface area contributed by atoms with Gasteiger partial charge in [0.15, 0.2) is 0 Å². The second-order valence-corrected chi connectivity index (χ2v) is 9.16. The normalized spacial score (nSPS) is 16.5. The molecule has 0 aromatic heterocycles. The van der Waals surface area contributed by atoms with Gasteiger partial charge in [-0.05, 0) is 32.4 Å². The minimum Gasteiger partial charge on any atom is -0.475 e. The van der Waals surface area contributed by atoms with Gasteiger partial charge in [0.05, 0.1) is 13.2 Å². The highest BCUT2D eigenvalue weighted by atomic mass is 19.4. The Morgan fingerprint density at radius 3 is 2.11 bits per heavy atom. The van der Waals surface area contributed by atoms with E-state index in [1.807, 2.05) is 35.8 Å². The Kier molecular flexibility index (Phi) is 12.3. The number of rotatable bonds is 8. The standard InChI is InChI=1S/C23H36N4O3.C2HF3O2/c1-19-16-20(2)18-21(17-19)23(29)27(8-3-7-25-12-14-30-15-13-25)9-4-22(28)26-10-5-24-6-11-26;3-2(4,5)1(6)7/h16-18,24H,3-15H2,1-2H3;(H,6,7). The van der Waals surface area contributed by atoms with Gasteiger partial charge in [0.25, 0.3) is 5.91 Å². The molecular formula is C25H37F3N4O5. The van der Waals surface area contributed by atoms with Crippen LogP contribution in [0.5, 0.6) is 0 Å². The summed E-state index contributed by atoms with van der Waals surface area (Å²) in [5.74, 6) is -2.59. The van der Waals surface area contributed by atoms with Crippen LogP contribution >= 0.6 is 0 Å². The number of amides is 2. The Balaban J connectivity index is 0.000000604. The van der Waals surface area contributed by atoms with Gasteiger partial charge in [-0.1, -0.05) is 17.2 Å². The molecular weight excluding hydrogens is 493 g/mol. The van der Waals surface area contributed by atoms with Crippen LogP contribution in [0.3, 0.4) is 0 Å². The molecule has 0 aliphatic carbocycles. The second kappa shape index (κ2) is 14.9. The molecule has 1 aromatic carbocycles. The van der Waals surface area contributed by atoms with Gasteiger partial charge in [-0.2, -0.15) is 13.2 Å². The van der Waals surface area contributed by atoms with Crippen LogP contribution in [0, 0.1) is 13.8 Å². The lowest BCUT2D eigenvalue weighted by Gasteiger charge is -2.30. The van der Waals surface area contributed by atoms with Crippen molar-refractivity contribution in [2.75, 3.05) is 72.1 Å². The number of carboxylic acids is 1. The molecule has 2 saturated heterocycles. The number of hydrogen-bond acceptors (Lipinski definition) is 6. The molecule has 2 heterocycles. The lowest BCUT2D eigenvalue weighted by Crippen LogP contribution is -2.47. The molecule has 0 bridgehead atoms. The maximum atomic E-state index is 13.3. The lowest BCUT2D eigenvalue weighted by atomic mass is 10.1. The van der Waals surface area contributed by atoms with Crippen molar-refractivity contribution in [3.05, 3.63) is 34.9 Å². The summed E-state index contributed by atoms with van der Waals surface area (Å²) in [4.78, 5) is 41.0. The molecule has 3 rings (SSSR count). The first kappa shape index (κ1) is 30.5. The van der Waals surface area contributed by atoms with E-state index < -0.39 is 12.1 Å². The molecule has 208 valence electrons. The van der Waals surface area contributed by atoms with Crippen molar-refractivity contribution >= 4 is 17.8 Å². The van der Waals surface area contributed by atoms with Crippen molar-refractivity contribution in [2.45, 2.75) is 32.9 Å².